The second-order valence-electron chi connectivity index (χ2n) is 17.2. The van der Waals surface area contributed by atoms with Gasteiger partial charge in [0, 0.05) is 6.42 Å². The molecule has 0 aliphatic heterocycles. The van der Waals surface area contributed by atoms with Crippen LogP contribution >= 0.6 is 0 Å². The first kappa shape index (κ1) is 56.8. The van der Waals surface area contributed by atoms with Crippen LogP contribution in [0.2, 0.25) is 0 Å². The van der Waals surface area contributed by atoms with Crippen molar-refractivity contribution < 1.29 is 15.0 Å². The van der Waals surface area contributed by atoms with Gasteiger partial charge in [0.2, 0.25) is 5.91 Å². The molecular weight excluding hydrogens is 723 g/mol. The molecule has 0 saturated carbocycles. The first-order valence-electron chi connectivity index (χ1n) is 25.7. The molecule has 0 heterocycles. The van der Waals surface area contributed by atoms with Crippen molar-refractivity contribution in [2.75, 3.05) is 6.61 Å². The molecule has 0 bridgehead atoms. The highest BCUT2D eigenvalue weighted by Gasteiger charge is 2.18. The Labute approximate surface area is 368 Å². The van der Waals surface area contributed by atoms with Crippen LogP contribution in [0.15, 0.2) is 72.9 Å². The predicted molar refractivity (Wildman–Crippen MR) is 262 cm³/mol. The van der Waals surface area contributed by atoms with E-state index in [0.29, 0.717) is 6.42 Å². The van der Waals surface area contributed by atoms with Gasteiger partial charge in [-0.3, -0.25) is 4.79 Å². The predicted octanol–water partition coefficient (Wildman–Crippen LogP) is 16.6. The maximum absolute atomic E-state index is 12.4. The molecule has 0 fully saturated rings. The van der Waals surface area contributed by atoms with E-state index in [4.69, 9.17) is 0 Å². The Kier molecular flexibility index (Phi) is 48.3. The van der Waals surface area contributed by atoms with Crippen LogP contribution in [-0.2, 0) is 4.79 Å². The van der Waals surface area contributed by atoms with Gasteiger partial charge in [0.25, 0.3) is 0 Å². The van der Waals surface area contributed by atoms with Crippen LogP contribution in [0.5, 0.6) is 0 Å². The number of amides is 1. The molecule has 0 aromatic rings. The summed E-state index contributed by atoms with van der Waals surface area (Å²) in [4.78, 5) is 12.4. The molecule has 0 aliphatic carbocycles. The van der Waals surface area contributed by atoms with E-state index < -0.39 is 12.1 Å². The van der Waals surface area contributed by atoms with Gasteiger partial charge >= 0.3 is 0 Å². The maximum Gasteiger partial charge on any atom is 0.220 e. The van der Waals surface area contributed by atoms with Gasteiger partial charge in [-0.2, -0.15) is 0 Å². The molecular formula is C55H99NO3. The van der Waals surface area contributed by atoms with Crippen molar-refractivity contribution in [1.29, 1.82) is 0 Å². The van der Waals surface area contributed by atoms with E-state index in [0.717, 1.165) is 57.8 Å². The van der Waals surface area contributed by atoms with Crippen LogP contribution in [0.1, 0.15) is 251 Å². The molecule has 0 aromatic heterocycles. The highest BCUT2D eigenvalue weighted by Crippen LogP contribution is 2.16. The summed E-state index contributed by atoms with van der Waals surface area (Å²) in [5.74, 6) is -0.0643. The number of carbonyl (C=O) groups excluding carboxylic acids is 1. The summed E-state index contributed by atoms with van der Waals surface area (Å²) in [7, 11) is 0. The maximum atomic E-state index is 12.4. The number of hydrogen-bond acceptors (Lipinski definition) is 3. The lowest BCUT2D eigenvalue weighted by atomic mass is 10.0. The molecule has 59 heavy (non-hydrogen) atoms. The molecule has 2 atom stereocenters. The third-order valence-corrected chi connectivity index (χ3v) is 11.4. The molecule has 4 heteroatoms. The van der Waals surface area contributed by atoms with Gasteiger partial charge in [-0.1, -0.05) is 254 Å². The van der Waals surface area contributed by atoms with Crippen molar-refractivity contribution in [3.8, 4) is 0 Å². The molecule has 0 spiro atoms. The molecule has 4 nitrogen and oxygen atoms in total. The summed E-state index contributed by atoms with van der Waals surface area (Å²) >= 11 is 0. The number of allylic oxidation sites excluding steroid dienone is 11. The largest absolute Gasteiger partial charge is 0.394 e. The quantitative estimate of drug-likeness (QED) is 0.0423. The van der Waals surface area contributed by atoms with E-state index >= 15 is 0 Å². The Bertz CT molecular complexity index is 1020. The number of nitrogens with one attached hydrogen (secondary N) is 1. The Morgan fingerprint density at radius 3 is 1.12 bits per heavy atom. The highest BCUT2D eigenvalue weighted by atomic mass is 16.3. The number of hydrogen-bond donors (Lipinski definition) is 3. The van der Waals surface area contributed by atoms with Crippen LogP contribution in [0.25, 0.3) is 0 Å². The van der Waals surface area contributed by atoms with Gasteiger partial charge in [-0.15, -0.1) is 0 Å². The molecule has 0 aromatic carbocycles. The zero-order valence-corrected chi connectivity index (χ0v) is 39.3. The molecule has 3 N–H and O–H groups in total. The number of carbonyl (C=O) groups is 1. The van der Waals surface area contributed by atoms with Crippen LogP contribution in [0.3, 0.4) is 0 Å². The van der Waals surface area contributed by atoms with E-state index in [1.54, 1.807) is 6.08 Å². The van der Waals surface area contributed by atoms with Crippen molar-refractivity contribution in [3.05, 3.63) is 72.9 Å². The molecule has 0 rings (SSSR count). The van der Waals surface area contributed by atoms with Gasteiger partial charge < -0.3 is 15.5 Å². The standard InChI is InChI=1S/C55H99NO3/c1-3-5-7-9-11-13-15-17-19-20-21-22-23-24-25-26-27-28-29-30-31-32-33-34-35-36-37-39-41-43-45-47-49-51-55(59)56-53(52-57)54(58)50-48-46-44-42-40-38-18-16-14-12-10-8-6-4-2/h5,7,11,13,17,19,21-22,24-25,48,50,53-54,57-58H,3-4,6,8-10,12,14-16,18,20,23,26-47,49,51-52H2,1-2H3,(H,56,59)/b7-5-,13-11-,19-17-,22-21-,25-24-,50-48+. The monoisotopic (exact) mass is 822 g/mol. The Balaban J connectivity index is 3.49. The Morgan fingerprint density at radius 2 is 0.746 bits per heavy atom. The SMILES string of the molecule is CC/C=C\C/C=C\C/C=C\C/C=C\C/C=C\CCCCCCCCCCCCCCCCCCCC(=O)NC(CO)C(O)/C=C/CCCCCCCCCCCCCC. The molecule has 342 valence electrons. The fourth-order valence-electron chi connectivity index (χ4n) is 7.56. The van der Waals surface area contributed by atoms with Crippen molar-refractivity contribution in [2.45, 2.75) is 264 Å². The lowest BCUT2D eigenvalue weighted by molar-refractivity contribution is -0.123. The van der Waals surface area contributed by atoms with E-state index in [9.17, 15) is 15.0 Å². The van der Waals surface area contributed by atoms with Gasteiger partial charge in [-0.25, -0.2) is 0 Å². The smallest absolute Gasteiger partial charge is 0.220 e. The number of unbranched alkanes of at least 4 members (excludes halogenated alkanes) is 29. The second kappa shape index (κ2) is 50.2. The van der Waals surface area contributed by atoms with Crippen molar-refractivity contribution in [1.82, 2.24) is 5.32 Å². The summed E-state index contributed by atoms with van der Waals surface area (Å²) in [6.45, 7) is 4.20. The third kappa shape index (κ3) is 46.7. The van der Waals surface area contributed by atoms with Gasteiger partial charge in [0.1, 0.15) is 0 Å². The minimum Gasteiger partial charge on any atom is -0.394 e. The van der Waals surface area contributed by atoms with Gasteiger partial charge in [0.05, 0.1) is 18.8 Å². The van der Waals surface area contributed by atoms with Crippen LogP contribution in [0.4, 0.5) is 0 Å². The topological polar surface area (TPSA) is 69.6 Å². The number of aliphatic hydroxyl groups excluding tert-OH is 2. The van der Waals surface area contributed by atoms with Gasteiger partial charge in [-0.05, 0) is 64.2 Å². The van der Waals surface area contributed by atoms with Crippen LogP contribution in [0, 0.1) is 0 Å². The summed E-state index contributed by atoms with van der Waals surface area (Å²) in [6.07, 6.45) is 71.8. The lowest BCUT2D eigenvalue weighted by Gasteiger charge is -2.20. The average Bonchev–Trinajstić information content (AvgIpc) is 3.24. The number of rotatable bonds is 46. The average molecular weight is 822 g/mol. The second-order valence-corrected chi connectivity index (χ2v) is 17.2. The van der Waals surface area contributed by atoms with E-state index in [-0.39, 0.29) is 12.5 Å². The molecule has 2 unspecified atom stereocenters. The normalized spacial score (nSPS) is 13.5. The molecule has 0 radical (unpaired) electrons. The Hall–Kier alpha value is -2.17. The summed E-state index contributed by atoms with van der Waals surface area (Å²) < 4.78 is 0. The van der Waals surface area contributed by atoms with E-state index in [1.165, 1.54) is 173 Å². The van der Waals surface area contributed by atoms with Crippen molar-refractivity contribution >= 4 is 5.91 Å². The fraction of sp³-hybridized carbons (Fsp3) is 0.764. The number of aliphatic hydroxyl groups is 2. The minimum absolute atomic E-state index is 0.0643. The zero-order chi connectivity index (χ0) is 42.8. The summed E-state index contributed by atoms with van der Waals surface area (Å²) in [5, 5.41) is 23.1. The van der Waals surface area contributed by atoms with E-state index in [1.807, 2.05) is 6.08 Å². The first-order chi connectivity index (χ1) is 29.2. The minimum atomic E-state index is -0.840. The molecule has 0 saturated heterocycles. The first-order valence-corrected chi connectivity index (χ1v) is 25.7. The Morgan fingerprint density at radius 1 is 0.424 bits per heavy atom. The zero-order valence-electron chi connectivity index (χ0n) is 39.3. The van der Waals surface area contributed by atoms with Crippen LogP contribution in [-0.4, -0.2) is 34.9 Å². The van der Waals surface area contributed by atoms with Crippen molar-refractivity contribution in [3.63, 3.8) is 0 Å². The highest BCUT2D eigenvalue weighted by molar-refractivity contribution is 5.76. The molecule has 0 aliphatic rings. The van der Waals surface area contributed by atoms with Crippen molar-refractivity contribution in [2.24, 2.45) is 0 Å². The lowest BCUT2D eigenvalue weighted by Crippen LogP contribution is -2.45. The van der Waals surface area contributed by atoms with Crippen LogP contribution < -0.4 is 5.32 Å². The third-order valence-electron chi connectivity index (χ3n) is 11.4. The summed E-state index contributed by atoms with van der Waals surface area (Å²) in [6, 6.07) is -0.623. The molecule has 1 amide bonds. The van der Waals surface area contributed by atoms with E-state index in [2.05, 4.69) is 79.9 Å². The summed E-state index contributed by atoms with van der Waals surface area (Å²) in [5.41, 5.74) is 0. The fourth-order valence-corrected chi connectivity index (χ4v) is 7.56. The van der Waals surface area contributed by atoms with Gasteiger partial charge in [0.15, 0.2) is 0 Å².